The van der Waals surface area contributed by atoms with E-state index in [0.29, 0.717) is 6.54 Å². The predicted molar refractivity (Wildman–Crippen MR) is 71.7 cm³/mol. The Labute approximate surface area is 108 Å². The van der Waals surface area contributed by atoms with Crippen molar-refractivity contribution in [3.8, 4) is 0 Å². The average Bonchev–Trinajstić information content (AvgIpc) is 2.30. The molecule has 0 aromatic heterocycles. The van der Waals surface area contributed by atoms with Crippen LogP contribution in [0.5, 0.6) is 0 Å². The molecule has 0 fully saturated rings. The van der Waals surface area contributed by atoms with Gasteiger partial charge in [-0.1, -0.05) is 64.7 Å². The predicted octanol–water partition coefficient (Wildman–Crippen LogP) is 3.57. The topological polar surface area (TPSA) is 58.6 Å². The molecule has 0 aromatic carbocycles. The zero-order valence-electron chi connectivity index (χ0n) is 11.0. The summed E-state index contributed by atoms with van der Waals surface area (Å²) in [4.78, 5) is 0. The summed E-state index contributed by atoms with van der Waals surface area (Å²) < 4.78 is 22.7. The third kappa shape index (κ3) is 16.0. The van der Waals surface area contributed by atoms with E-state index in [1.807, 2.05) is 0 Å². The molecule has 5 heteroatoms. The first kappa shape index (κ1) is 17.0. The van der Waals surface area contributed by atoms with Crippen LogP contribution in [0.25, 0.3) is 0 Å². The highest BCUT2D eigenvalue weighted by Gasteiger charge is 1.94. The summed E-state index contributed by atoms with van der Waals surface area (Å²) in [7, 11) is 0. The maximum absolute atomic E-state index is 10.1. The van der Waals surface area contributed by atoms with Crippen molar-refractivity contribution in [1.82, 2.24) is 5.48 Å². The van der Waals surface area contributed by atoms with E-state index in [4.69, 9.17) is 4.55 Å². The summed E-state index contributed by atoms with van der Waals surface area (Å²) >= 11 is -2.19. The van der Waals surface area contributed by atoms with Gasteiger partial charge in [0, 0.05) is 6.54 Å². The Bertz CT molecular complexity index is 179. The number of unbranched alkanes of at least 4 members (excludes halogenated alkanes) is 9. The van der Waals surface area contributed by atoms with Crippen LogP contribution < -0.4 is 5.48 Å². The Hall–Kier alpha value is 0.0300. The summed E-state index contributed by atoms with van der Waals surface area (Å²) in [5.41, 5.74) is 2.46. The second-order valence-corrected chi connectivity index (χ2v) is 4.98. The quantitative estimate of drug-likeness (QED) is 0.304. The number of hydrogen-bond acceptors (Lipinski definition) is 3. The first-order valence-electron chi connectivity index (χ1n) is 6.78. The standard InChI is InChI=1S/C12H27NO3S/c1-2-3-4-5-6-7-8-9-10-11-12-13-16-17(14)15/h13H,2-12H2,1H3,(H,14,15). The molecule has 0 aliphatic rings. The van der Waals surface area contributed by atoms with Gasteiger partial charge in [-0.05, 0) is 6.42 Å². The van der Waals surface area contributed by atoms with Crippen molar-refractivity contribution in [2.24, 2.45) is 0 Å². The first-order chi connectivity index (χ1) is 8.27. The molecule has 0 aliphatic carbocycles. The van der Waals surface area contributed by atoms with Gasteiger partial charge in [0.25, 0.3) is 0 Å². The summed E-state index contributed by atoms with van der Waals surface area (Å²) in [6, 6.07) is 0. The molecule has 17 heavy (non-hydrogen) atoms. The van der Waals surface area contributed by atoms with Crippen LogP contribution in [0.4, 0.5) is 0 Å². The van der Waals surface area contributed by atoms with Crippen LogP contribution in [0.1, 0.15) is 71.1 Å². The molecule has 104 valence electrons. The molecule has 4 nitrogen and oxygen atoms in total. The highest BCUT2D eigenvalue weighted by Crippen LogP contribution is 2.10. The monoisotopic (exact) mass is 265 g/mol. The van der Waals surface area contributed by atoms with Gasteiger partial charge >= 0.3 is 11.4 Å². The fourth-order valence-corrected chi connectivity index (χ4v) is 1.96. The molecule has 0 rings (SSSR count). The minimum absolute atomic E-state index is 0.642. The van der Waals surface area contributed by atoms with Gasteiger partial charge in [-0.25, -0.2) is 0 Å². The van der Waals surface area contributed by atoms with E-state index in [2.05, 4.69) is 16.7 Å². The molecule has 0 amide bonds. The number of hydroxylamine groups is 1. The van der Waals surface area contributed by atoms with Gasteiger partial charge in [0.05, 0.1) is 0 Å². The Balaban J connectivity index is 2.91. The van der Waals surface area contributed by atoms with E-state index in [-0.39, 0.29) is 0 Å². The second-order valence-electron chi connectivity index (χ2n) is 4.38. The van der Waals surface area contributed by atoms with Crippen molar-refractivity contribution >= 4 is 11.4 Å². The molecule has 0 aliphatic heterocycles. The van der Waals surface area contributed by atoms with Gasteiger partial charge in [-0.3, -0.25) is 4.55 Å². The molecular weight excluding hydrogens is 238 g/mol. The van der Waals surface area contributed by atoms with E-state index in [1.165, 1.54) is 51.4 Å². The SMILES string of the molecule is CCCCCCCCCCCCNOS(=O)O. The summed E-state index contributed by atoms with van der Waals surface area (Å²) in [5.74, 6) is 0. The van der Waals surface area contributed by atoms with Crippen LogP contribution in [0.2, 0.25) is 0 Å². The Morgan fingerprint density at radius 1 is 0.941 bits per heavy atom. The van der Waals surface area contributed by atoms with Crippen molar-refractivity contribution in [2.45, 2.75) is 71.1 Å². The van der Waals surface area contributed by atoms with Crippen molar-refractivity contribution in [3.63, 3.8) is 0 Å². The minimum Gasteiger partial charge on any atom is -0.283 e. The van der Waals surface area contributed by atoms with E-state index >= 15 is 0 Å². The lowest BCUT2D eigenvalue weighted by Crippen LogP contribution is -2.17. The zero-order chi connectivity index (χ0) is 12.8. The summed E-state index contributed by atoms with van der Waals surface area (Å²) in [6.07, 6.45) is 12.9. The smallest absolute Gasteiger partial charge is 0.283 e. The molecule has 1 unspecified atom stereocenters. The molecular formula is C12H27NO3S. The highest BCUT2D eigenvalue weighted by atomic mass is 32.2. The second kappa shape index (κ2) is 14.1. The van der Waals surface area contributed by atoms with Crippen molar-refractivity contribution < 1.29 is 13.0 Å². The van der Waals surface area contributed by atoms with Gasteiger partial charge in [-0.2, -0.15) is 14.0 Å². The lowest BCUT2D eigenvalue weighted by molar-refractivity contribution is 0.196. The van der Waals surface area contributed by atoms with Gasteiger partial charge in [-0.15, -0.1) is 0 Å². The molecule has 1 atom stereocenters. The van der Waals surface area contributed by atoms with Gasteiger partial charge in [0.1, 0.15) is 0 Å². The molecule has 0 bridgehead atoms. The lowest BCUT2D eigenvalue weighted by atomic mass is 10.1. The molecule has 0 saturated heterocycles. The number of nitrogens with one attached hydrogen (secondary N) is 1. The summed E-state index contributed by atoms with van der Waals surface area (Å²) in [6.45, 7) is 2.88. The van der Waals surface area contributed by atoms with Gasteiger partial charge in [0.2, 0.25) is 0 Å². The molecule has 0 spiro atoms. The molecule has 0 radical (unpaired) electrons. The van der Waals surface area contributed by atoms with Crippen LogP contribution in [0.15, 0.2) is 0 Å². The third-order valence-electron chi connectivity index (χ3n) is 2.76. The van der Waals surface area contributed by atoms with Gasteiger partial charge < -0.3 is 0 Å². The fraction of sp³-hybridized carbons (Fsp3) is 1.00. The highest BCUT2D eigenvalue weighted by molar-refractivity contribution is 7.74. The van der Waals surface area contributed by atoms with Crippen LogP contribution in [0.3, 0.4) is 0 Å². The van der Waals surface area contributed by atoms with Crippen molar-refractivity contribution in [1.29, 1.82) is 0 Å². The van der Waals surface area contributed by atoms with E-state index < -0.39 is 11.4 Å². The van der Waals surface area contributed by atoms with Crippen LogP contribution in [0, 0.1) is 0 Å². The Morgan fingerprint density at radius 3 is 1.88 bits per heavy atom. The minimum atomic E-state index is -2.19. The van der Waals surface area contributed by atoms with Crippen LogP contribution in [-0.4, -0.2) is 15.3 Å². The third-order valence-corrected chi connectivity index (χ3v) is 3.02. The molecule has 0 heterocycles. The molecule has 0 aromatic rings. The molecule has 2 N–H and O–H groups in total. The first-order valence-corrected chi connectivity index (χ1v) is 7.81. The van der Waals surface area contributed by atoms with Crippen LogP contribution in [-0.2, 0) is 15.6 Å². The van der Waals surface area contributed by atoms with E-state index in [0.717, 1.165) is 12.8 Å². The Kier molecular flexibility index (Phi) is 14.1. The maximum atomic E-state index is 10.1. The lowest BCUT2D eigenvalue weighted by Gasteiger charge is -2.02. The zero-order valence-corrected chi connectivity index (χ0v) is 11.8. The van der Waals surface area contributed by atoms with Crippen molar-refractivity contribution in [2.75, 3.05) is 6.54 Å². The largest absolute Gasteiger partial charge is 0.319 e. The summed E-state index contributed by atoms with van der Waals surface area (Å²) in [5, 5.41) is 0. The number of hydrogen-bond donors (Lipinski definition) is 2. The maximum Gasteiger partial charge on any atom is 0.319 e. The molecule has 0 saturated carbocycles. The number of rotatable bonds is 13. The van der Waals surface area contributed by atoms with Gasteiger partial charge in [0.15, 0.2) is 0 Å². The van der Waals surface area contributed by atoms with Crippen LogP contribution >= 0.6 is 0 Å². The normalized spacial score (nSPS) is 12.8. The van der Waals surface area contributed by atoms with Crippen molar-refractivity contribution in [3.05, 3.63) is 0 Å². The van der Waals surface area contributed by atoms with E-state index in [1.54, 1.807) is 0 Å². The Morgan fingerprint density at radius 2 is 1.41 bits per heavy atom. The fourth-order valence-electron chi connectivity index (χ4n) is 1.78. The van der Waals surface area contributed by atoms with E-state index in [9.17, 15) is 4.21 Å². The average molecular weight is 265 g/mol.